The third kappa shape index (κ3) is 7.89. The number of hydrogen-bond acceptors (Lipinski definition) is 4. The largest absolute Gasteiger partial charge is 0.573 e. The molecule has 6 nitrogen and oxygen atoms in total. The molecule has 0 spiro atoms. The number of nitrogens with zero attached hydrogens (tertiary/aromatic N) is 2. The summed E-state index contributed by atoms with van der Waals surface area (Å²) in [5, 5.41) is 6.67. The maximum absolute atomic E-state index is 12.2. The van der Waals surface area contributed by atoms with Crippen molar-refractivity contribution in [3.05, 3.63) is 24.3 Å². The van der Waals surface area contributed by atoms with Gasteiger partial charge in [-0.05, 0) is 42.9 Å². The van der Waals surface area contributed by atoms with Crippen LogP contribution in [0.25, 0.3) is 0 Å². The van der Waals surface area contributed by atoms with E-state index < -0.39 is 6.36 Å². The third-order valence-electron chi connectivity index (χ3n) is 4.20. The lowest BCUT2D eigenvalue weighted by atomic mass is 10.3. The first-order valence-electron chi connectivity index (χ1n) is 9.17. The van der Waals surface area contributed by atoms with E-state index in [4.69, 9.17) is 12.2 Å². The Kier molecular flexibility index (Phi) is 8.31. The van der Waals surface area contributed by atoms with E-state index in [2.05, 4.69) is 27.2 Å². The predicted octanol–water partition coefficient (Wildman–Crippen LogP) is 2.82. The van der Waals surface area contributed by atoms with Gasteiger partial charge in [-0.15, -0.1) is 13.2 Å². The summed E-state index contributed by atoms with van der Waals surface area (Å²) in [6.07, 6.45) is -2.55. The van der Waals surface area contributed by atoms with Gasteiger partial charge in [0.15, 0.2) is 5.11 Å². The van der Waals surface area contributed by atoms with Crippen LogP contribution in [-0.2, 0) is 4.79 Å². The average molecular weight is 418 g/mol. The van der Waals surface area contributed by atoms with Crippen molar-refractivity contribution in [3.63, 3.8) is 0 Å². The molecule has 0 saturated carbocycles. The summed E-state index contributed by atoms with van der Waals surface area (Å²) in [6, 6.07) is 5.07. The molecule has 28 heavy (non-hydrogen) atoms. The molecule has 156 valence electrons. The molecule has 1 saturated heterocycles. The van der Waals surface area contributed by atoms with Crippen molar-refractivity contribution in [2.75, 3.05) is 44.6 Å². The number of hydrogen-bond donors (Lipinski definition) is 2. The van der Waals surface area contributed by atoms with E-state index in [1.54, 1.807) is 0 Å². The monoisotopic (exact) mass is 418 g/mol. The molecule has 0 bridgehead atoms. The van der Waals surface area contributed by atoms with Crippen LogP contribution in [0.3, 0.4) is 0 Å². The van der Waals surface area contributed by atoms with Crippen molar-refractivity contribution in [2.45, 2.75) is 26.1 Å². The van der Waals surface area contributed by atoms with Crippen molar-refractivity contribution in [3.8, 4) is 5.75 Å². The van der Waals surface area contributed by atoms with Gasteiger partial charge in [-0.3, -0.25) is 9.69 Å². The highest BCUT2D eigenvalue weighted by molar-refractivity contribution is 7.80. The van der Waals surface area contributed by atoms with Gasteiger partial charge in [0, 0.05) is 38.4 Å². The molecular weight excluding hydrogens is 393 g/mol. The predicted molar refractivity (Wildman–Crippen MR) is 105 cm³/mol. The Balaban J connectivity index is 1.72. The zero-order valence-electron chi connectivity index (χ0n) is 15.7. The van der Waals surface area contributed by atoms with E-state index in [1.165, 1.54) is 12.1 Å². The zero-order chi connectivity index (χ0) is 20.6. The molecule has 0 radical (unpaired) electrons. The fourth-order valence-corrected chi connectivity index (χ4v) is 3.02. The quantitative estimate of drug-likeness (QED) is 0.525. The summed E-state index contributed by atoms with van der Waals surface area (Å²) in [7, 11) is 0. The molecule has 10 heteroatoms. The number of ether oxygens (including phenoxy) is 1. The maximum atomic E-state index is 12.2. The SMILES string of the molecule is CCCCNC(=S)N1CCN(CC(=O)Nc2ccc(OC(F)(F)F)cc2)CC1. The lowest BCUT2D eigenvalue weighted by Crippen LogP contribution is -2.53. The molecule has 0 unspecified atom stereocenters. The van der Waals surface area contributed by atoms with E-state index in [-0.39, 0.29) is 18.2 Å². The number of anilines is 1. The first kappa shape index (κ1) is 22.2. The number of nitrogens with one attached hydrogen (secondary N) is 2. The average Bonchev–Trinajstić information content (AvgIpc) is 2.63. The molecule has 0 atom stereocenters. The second kappa shape index (κ2) is 10.5. The number of carbonyl (C=O) groups excluding carboxylic acids is 1. The number of unbranched alkanes of at least 4 members (excludes halogenated alkanes) is 1. The van der Waals surface area contributed by atoms with Crippen molar-refractivity contribution < 1.29 is 22.7 Å². The van der Waals surface area contributed by atoms with Gasteiger partial charge in [-0.1, -0.05) is 13.3 Å². The van der Waals surface area contributed by atoms with Crippen LogP contribution >= 0.6 is 12.2 Å². The van der Waals surface area contributed by atoms with Crippen LogP contribution in [0.4, 0.5) is 18.9 Å². The molecule has 2 N–H and O–H groups in total. The van der Waals surface area contributed by atoms with E-state index in [1.807, 2.05) is 4.90 Å². The Morgan fingerprint density at radius 3 is 2.39 bits per heavy atom. The summed E-state index contributed by atoms with van der Waals surface area (Å²) < 4.78 is 40.3. The van der Waals surface area contributed by atoms with Crippen LogP contribution in [0.1, 0.15) is 19.8 Å². The molecule has 1 aromatic carbocycles. The number of carbonyl (C=O) groups is 1. The molecule has 2 rings (SSSR count). The molecule has 0 aromatic heterocycles. The van der Waals surface area contributed by atoms with Crippen LogP contribution in [0, 0.1) is 0 Å². The summed E-state index contributed by atoms with van der Waals surface area (Å²) >= 11 is 5.38. The topological polar surface area (TPSA) is 56.8 Å². The van der Waals surface area contributed by atoms with Crippen LogP contribution in [-0.4, -0.2) is 66.5 Å². The van der Waals surface area contributed by atoms with Crippen molar-refractivity contribution in [1.29, 1.82) is 0 Å². The Labute approximate surface area is 168 Å². The summed E-state index contributed by atoms with van der Waals surface area (Å²) in [5.74, 6) is -0.549. The van der Waals surface area contributed by atoms with Gasteiger partial charge in [0.1, 0.15) is 5.75 Å². The van der Waals surface area contributed by atoms with E-state index in [9.17, 15) is 18.0 Å². The highest BCUT2D eigenvalue weighted by Crippen LogP contribution is 2.23. The fraction of sp³-hybridized carbons (Fsp3) is 0.556. The van der Waals surface area contributed by atoms with Crippen LogP contribution in [0.5, 0.6) is 5.75 Å². The molecule has 1 aliphatic heterocycles. The highest BCUT2D eigenvalue weighted by Gasteiger charge is 2.31. The Bertz CT molecular complexity index is 647. The van der Waals surface area contributed by atoms with Crippen LogP contribution in [0.2, 0.25) is 0 Å². The number of thiocarbonyl (C=S) groups is 1. The molecule has 1 amide bonds. The summed E-state index contributed by atoms with van der Waals surface area (Å²) in [4.78, 5) is 16.3. The number of amides is 1. The first-order valence-corrected chi connectivity index (χ1v) is 9.58. The van der Waals surface area contributed by atoms with E-state index in [0.717, 1.165) is 49.7 Å². The minimum absolute atomic E-state index is 0.213. The minimum atomic E-state index is -4.74. The van der Waals surface area contributed by atoms with E-state index >= 15 is 0 Å². The van der Waals surface area contributed by atoms with Gasteiger partial charge in [0.05, 0.1) is 6.54 Å². The smallest absolute Gasteiger partial charge is 0.406 e. The second-order valence-corrected chi connectivity index (χ2v) is 6.86. The van der Waals surface area contributed by atoms with Gasteiger partial charge in [-0.2, -0.15) is 0 Å². The molecule has 1 fully saturated rings. The zero-order valence-corrected chi connectivity index (χ0v) is 16.5. The van der Waals surface area contributed by atoms with Gasteiger partial charge in [0.25, 0.3) is 0 Å². The number of piperazine rings is 1. The Morgan fingerprint density at radius 2 is 1.82 bits per heavy atom. The lowest BCUT2D eigenvalue weighted by molar-refractivity contribution is -0.274. The Morgan fingerprint density at radius 1 is 1.18 bits per heavy atom. The second-order valence-electron chi connectivity index (χ2n) is 6.47. The van der Waals surface area contributed by atoms with Gasteiger partial charge in [0.2, 0.25) is 5.91 Å². The first-order chi connectivity index (χ1) is 13.3. The standard InChI is InChI=1S/C18H25F3N4O2S/c1-2-3-8-22-17(28)25-11-9-24(10-12-25)13-16(26)23-14-4-6-15(7-5-14)27-18(19,20)21/h4-7H,2-3,8-13H2,1H3,(H,22,28)(H,23,26). The van der Waals surface area contributed by atoms with Crippen LogP contribution in [0.15, 0.2) is 24.3 Å². The van der Waals surface area contributed by atoms with Crippen molar-refractivity contribution in [2.24, 2.45) is 0 Å². The maximum Gasteiger partial charge on any atom is 0.573 e. The van der Waals surface area contributed by atoms with Gasteiger partial charge < -0.3 is 20.3 Å². The highest BCUT2D eigenvalue weighted by atomic mass is 32.1. The van der Waals surface area contributed by atoms with E-state index in [0.29, 0.717) is 18.8 Å². The number of rotatable bonds is 7. The summed E-state index contributed by atoms with van der Waals surface area (Å²) in [6.45, 7) is 6.11. The van der Waals surface area contributed by atoms with Gasteiger partial charge in [-0.25, -0.2) is 0 Å². The normalized spacial score (nSPS) is 15.2. The Hall–Kier alpha value is -2.07. The number of alkyl halides is 3. The van der Waals surface area contributed by atoms with Crippen molar-refractivity contribution in [1.82, 2.24) is 15.1 Å². The molecule has 1 aliphatic rings. The summed E-state index contributed by atoms with van der Waals surface area (Å²) in [5.41, 5.74) is 0.416. The molecule has 1 heterocycles. The fourth-order valence-electron chi connectivity index (χ4n) is 2.74. The van der Waals surface area contributed by atoms with Gasteiger partial charge >= 0.3 is 6.36 Å². The number of benzene rings is 1. The molecule has 0 aliphatic carbocycles. The minimum Gasteiger partial charge on any atom is -0.406 e. The number of halogens is 3. The molecular formula is C18H25F3N4O2S. The third-order valence-corrected chi connectivity index (χ3v) is 4.61. The van der Waals surface area contributed by atoms with Crippen LogP contribution < -0.4 is 15.4 Å². The van der Waals surface area contributed by atoms with Crippen molar-refractivity contribution >= 4 is 28.9 Å². The lowest BCUT2D eigenvalue weighted by Gasteiger charge is -2.35. The molecule has 1 aromatic rings.